The Kier molecular flexibility index (Phi) is 6.90. The number of methoxy groups -OCH3 is 1. The van der Waals surface area contributed by atoms with Gasteiger partial charge in [-0.1, -0.05) is 12.1 Å². The molecule has 1 rings (SSSR count). The SMILES string of the molecule is COCCOCOCc1cc(C)c(CO)cc1C. The summed E-state index contributed by atoms with van der Waals surface area (Å²) in [5.74, 6) is 0. The van der Waals surface area contributed by atoms with Crippen LogP contribution in [0.15, 0.2) is 12.1 Å². The number of benzene rings is 1. The second-order valence-electron chi connectivity index (χ2n) is 4.23. The Bertz CT molecular complexity index is 363. The van der Waals surface area contributed by atoms with Crippen LogP contribution in [-0.4, -0.2) is 32.2 Å². The molecular weight excluding hydrogens is 232 g/mol. The van der Waals surface area contributed by atoms with Crippen molar-refractivity contribution in [2.24, 2.45) is 0 Å². The summed E-state index contributed by atoms with van der Waals surface area (Å²) < 4.78 is 15.5. The van der Waals surface area contributed by atoms with E-state index in [9.17, 15) is 0 Å². The van der Waals surface area contributed by atoms with Gasteiger partial charge in [-0.25, -0.2) is 0 Å². The third kappa shape index (κ3) is 4.74. The lowest BCUT2D eigenvalue weighted by molar-refractivity contribution is -0.0725. The van der Waals surface area contributed by atoms with E-state index < -0.39 is 0 Å². The third-order valence-electron chi connectivity index (χ3n) is 2.82. The highest BCUT2D eigenvalue weighted by molar-refractivity contribution is 5.36. The topological polar surface area (TPSA) is 47.9 Å². The first-order chi connectivity index (χ1) is 8.69. The zero-order valence-corrected chi connectivity index (χ0v) is 11.4. The van der Waals surface area contributed by atoms with Crippen LogP contribution in [0, 0.1) is 13.8 Å². The van der Waals surface area contributed by atoms with Gasteiger partial charge in [-0.2, -0.15) is 0 Å². The van der Waals surface area contributed by atoms with E-state index in [1.54, 1.807) is 7.11 Å². The molecule has 0 aliphatic heterocycles. The monoisotopic (exact) mass is 254 g/mol. The van der Waals surface area contributed by atoms with E-state index in [0.29, 0.717) is 19.8 Å². The van der Waals surface area contributed by atoms with Gasteiger partial charge in [0.1, 0.15) is 6.79 Å². The molecule has 0 spiro atoms. The van der Waals surface area contributed by atoms with E-state index in [-0.39, 0.29) is 13.4 Å². The van der Waals surface area contributed by atoms with Crippen LogP contribution in [0.5, 0.6) is 0 Å². The molecule has 0 bridgehead atoms. The summed E-state index contributed by atoms with van der Waals surface area (Å²) in [6, 6.07) is 4.05. The van der Waals surface area contributed by atoms with Gasteiger partial charge in [0.15, 0.2) is 0 Å². The predicted molar refractivity (Wildman–Crippen MR) is 69.3 cm³/mol. The van der Waals surface area contributed by atoms with Crippen molar-refractivity contribution in [3.63, 3.8) is 0 Å². The average Bonchev–Trinajstić information content (AvgIpc) is 2.37. The first-order valence-electron chi connectivity index (χ1n) is 6.03. The Morgan fingerprint density at radius 2 is 1.67 bits per heavy atom. The number of aryl methyl sites for hydroxylation is 2. The fourth-order valence-electron chi connectivity index (χ4n) is 1.67. The van der Waals surface area contributed by atoms with E-state index >= 15 is 0 Å². The van der Waals surface area contributed by atoms with Crippen LogP contribution in [0.3, 0.4) is 0 Å². The molecule has 0 amide bonds. The lowest BCUT2D eigenvalue weighted by atomic mass is 10.0. The van der Waals surface area contributed by atoms with Crippen molar-refractivity contribution >= 4 is 0 Å². The number of hydrogen-bond donors (Lipinski definition) is 1. The standard InChI is InChI=1S/C14H22O4/c1-11-7-14(12(2)6-13(11)8-15)9-18-10-17-5-4-16-3/h6-7,15H,4-5,8-10H2,1-3H3. The van der Waals surface area contributed by atoms with E-state index in [1.165, 1.54) is 0 Å². The molecule has 1 aromatic rings. The quantitative estimate of drug-likeness (QED) is 0.569. The second kappa shape index (κ2) is 8.21. The maximum Gasteiger partial charge on any atom is 0.147 e. The number of aliphatic hydroxyl groups is 1. The molecule has 0 saturated carbocycles. The highest BCUT2D eigenvalue weighted by Crippen LogP contribution is 2.17. The lowest BCUT2D eigenvalue weighted by Crippen LogP contribution is -2.06. The van der Waals surface area contributed by atoms with Crippen LogP contribution in [0.2, 0.25) is 0 Å². The summed E-state index contributed by atoms with van der Waals surface area (Å²) in [6.07, 6.45) is 0. The molecule has 1 N–H and O–H groups in total. The molecule has 0 saturated heterocycles. The minimum atomic E-state index is 0.0773. The highest BCUT2D eigenvalue weighted by atomic mass is 16.7. The number of aliphatic hydroxyl groups excluding tert-OH is 1. The normalized spacial score (nSPS) is 10.9. The average molecular weight is 254 g/mol. The Morgan fingerprint density at radius 3 is 2.33 bits per heavy atom. The molecule has 18 heavy (non-hydrogen) atoms. The van der Waals surface area contributed by atoms with Crippen molar-refractivity contribution in [1.29, 1.82) is 0 Å². The summed E-state index contributed by atoms with van der Waals surface area (Å²) in [5.41, 5.74) is 4.30. The fourth-order valence-corrected chi connectivity index (χ4v) is 1.67. The van der Waals surface area contributed by atoms with Gasteiger partial charge in [-0.3, -0.25) is 0 Å². The zero-order chi connectivity index (χ0) is 13.4. The Labute approximate surface area is 108 Å². The van der Waals surface area contributed by atoms with Gasteiger partial charge >= 0.3 is 0 Å². The summed E-state index contributed by atoms with van der Waals surface area (Å²) in [6.45, 7) is 5.99. The lowest BCUT2D eigenvalue weighted by Gasteiger charge is -2.11. The first kappa shape index (κ1) is 15.1. The summed E-state index contributed by atoms with van der Waals surface area (Å²) in [5, 5.41) is 9.17. The second-order valence-corrected chi connectivity index (χ2v) is 4.23. The number of hydrogen-bond acceptors (Lipinski definition) is 4. The van der Waals surface area contributed by atoms with E-state index in [0.717, 1.165) is 22.3 Å². The van der Waals surface area contributed by atoms with E-state index in [2.05, 4.69) is 6.07 Å². The first-order valence-corrected chi connectivity index (χ1v) is 6.03. The van der Waals surface area contributed by atoms with E-state index in [4.69, 9.17) is 19.3 Å². The molecule has 0 aliphatic rings. The number of rotatable bonds is 8. The maximum atomic E-state index is 9.17. The van der Waals surface area contributed by atoms with Crippen molar-refractivity contribution < 1.29 is 19.3 Å². The Morgan fingerprint density at radius 1 is 1.00 bits per heavy atom. The molecule has 0 aromatic heterocycles. The summed E-state index contributed by atoms with van der Waals surface area (Å²) in [7, 11) is 1.64. The van der Waals surface area contributed by atoms with Gasteiger partial charge in [0.2, 0.25) is 0 Å². The molecule has 4 nitrogen and oxygen atoms in total. The molecule has 0 radical (unpaired) electrons. The molecule has 0 aliphatic carbocycles. The van der Waals surface area contributed by atoms with Crippen molar-refractivity contribution in [2.45, 2.75) is 27.1 Å². The Balaban J connectivity index is 2.40. The largest absolute Gasteiger partial charge is 0.392 e. The van der Waals surface area contributed by atoms with Gasteiger partial charge in [0.25, 0.3) is 0 Å². The molecule has 0 heterocycles. The Hall–Kier alpha value is -0.940. The van der Waals surface area contributed by atoms with Crippen molar-refractivity contribution in [3.8, 4) is 0 Å². The minimum absolute atomic E-state index is 0.0773. The smallest absolute Gasteiger partial charge is 0.147 e. The van der Waals surface area contributed by atoms with Gasteiger partial charge in [-0.15, -0.1) is 0 Å². The van der Waals surface area contributed by atoms with Gasteiger partial charge in [-0.05, 0) is 36.1 Å². The molecule has 0 atom stereocenters. The van der Waals surface area contributed by atoms with Crippen LogP contribution in [0.4, 0.5) is 0 Å². The molecule has 0 fully saturated rings. The van der Waals surface area contributed by atoms with Crippen LogP contribution >= 0.6 is 0 Å². The maximum absolute atomic E-state index is 9.17. The van der Waals surface area contributed by atoms with Gasteiger partial charge in [0.05, 0.1) is 26.4 Å². The fraction of sp³-hybridized carbons (Fsp3) is 0.571. The molecule has 1 aromatic carbocycles. The van der Waals surface area contributed by atoms with Crippen LogP contribution < -0.4 is 0 Å². The van der Waals surface area contributed by atoms with Crippen molar-refractivity contribution in [2.75, 3.05) is 27.1 Å². The molecule has 0 unspecified atom stereocenters. The summed E-state index contributed by atoms with van der Waals surface area (Å²) >= 11 is 0. The minimum Gasteiger partial charge on any atom is -0.392 e. The predicted octanol–water partition coefficient (Wildman–Crippen LogP) is 1.93. The van der Waals surface area contributed by atoms with Crippen LogP contribution in [-0.2, 0) is 27.4 Å². The van der Waals surface area contributed by atoms with E-state index in [1.807, 2.05) is 19.9 Å². The molecule has 102 valence electrons. The van der Waals surface area contributed by atoms with Gasteiger partial charge < -0.3 is 19.3 Å². The molecular formula is C14H22O4. The highest BCUT2D eigenvalue weighted by Gasteiger charge is 2.04. The van der Waals surface area contributed by atoms with Crippen molar-refractivity contribution in [3.05, 3.63) is 34.4 Å². The summed E-state index contributed by atoms with van der Waals surface area (Å²) in [4.78, 5) is 0. The third-order valence-corrected chi connectivity index (χ3v) is 2.82. The van der Waals surface area contributed by atoms with Crippen molar-refractivity contribution in [1.82, 2.24) is 0 Å². The zero-order valence-electron chi connectivity index (χ0n) is 11.4. The van der Waals surface area contributed by atoms with Crippen LogP contribution in [0.1, 0.15) is 22.3 Å². The molecule has 4 heteroatoms. The number of ether oxygens (including phenoxy) is 3. The van der Waals surface area contributed by atoms with Gasteiger partial charge in [0, 0.05) is 7.11 Å². The van der Waals surface area contributed by atoms with Crippen LogP contribution in [0.25, 0.3) is 0 Å².